The van der Waals surface area contributed by atoms with Crippen molar-refractivity contribution in [2.45, 2.75) is 33.4 Å². The van der Waals surface area contributed by atoms with E-state index >= 15 is 0 Å². The van der Waals surface area contributed by atoms with Crippen LogP contribution in [0.4, 0.5) is 0 Å². The highest BCUT2D eigenvalue weighted by molar-refractivity contribution is 6.46. The van der Waals surface area contributed by atoms with Gasteiger partial charge in [-0.05, 0) is 50.6 Å². The Morgan fingerprint density at radius 3 is 2.49 bits per heavy atom. The number of ketones is 1. The molecule has 1 unspecified atom stereocenters. The van der Waals surface area contributed by atoms with Gasteiger partial charge < -0.3 is 19.5 Å². The number of aromatic nitrogens is 1. The van der Waals surface area contributed by atoms with Gasteiger partial charge in [-0.25, -0.2) is 0 Å². The molecule has 0 aliphatic carbocycles. The number of hydrogen-bond donors (Lipinski definition) is 1. The molecule has 0 spiro atoms. The first-order valence-corrected chi connectivity index (χ1v) is 11.6. The second kappa shape index (κ2) is 10.4. The number of pyridine rings is 1. The van der Waals surface area contributed by atoms with Crippen molar-refractivity contribution >= 4 is 17.4 Å². The molecule has 2 aromatic carbocycles. The van der Waals surface area contributed by atoms with E-state index in [2.05, 4.69) is 4.98 Å². The second-order valence-corrected chi connectivity index (χ2v) is 8.19. The number of Topliss-reactive ketones (excluding diaryl/α,β-unsaturated/α-hetero) is 1. The molecule has 35 heavy (non-hydrogen) atoms. The van der Waals surface area contributed by atoms with Gasteiger partial charge in [0.15, 0.2) is 0 Å². The lowest BCUT2D eigenvalue weighted by molar-refractivity contribution is -0.140. The van der Waals surface area contributed by atoms with Gasteiger partial charge in [0.1, 0.15) is 17.3 Å². The minimum atomic E-state index is -0.780. The van der Waals surface area contributed by atoms with Crippen molar-refractivity contribution in [3.8, 4) is 11.5 Å². The quantitative estimate of drug-likeness (QED) is 0.288. The number of carbonyl (C=O) groups excluding carboxylic acids is 2. The van der Waals surface area contributed by atoms with Crippen LogP contribution in [0.15, 0.2) is 72.4 Å². The number of aliphatic hydroxyl groups is 1. The number of ether oxygens (including phenoxy) is 2. The summed E-state index contributed by atoms with van der Waals surface area (Å²) in [4.78, 5) is 32.3. The molecule has 2 heterocycles. The van der Waals surface area contributed by atoms with E-state index in [4.69, 9.17) is 9.47 Å². The monoisotopic (exact) mass is 472 g/mol. The van der Waals surface area contributed by atoms with Crippen LogP contribution < -0.4 is 9.47 Å². The summed E-state index contributed by atoms with van der Waals surface area (Å²) < 4.78 is 11.3. The summed E-state index contributed by atoms with van der Waals surface area (Å²) >= 11 is 0. The highest BCUT2D eigenvalue weighted by Gasteiger charge is 2.46. The summed E-state index contributed by atoms with van der Waals surface area (Å²) in [5, 5.41) is 11.5. The van der Waals surface area contributed by atoms with E-state index in [1.165, 1.54) is 4.90 Å². The van der Waals surface area contributed by atoms with E-state index < -0.39 is 17.7 Å². The normalized spacial score (nSPS) is 17.0. The van der Waals surface area contributed by atoms with Gasteiger partial charge in [0.05, 0.1) is 42.6 Å². The lowest BCUT2D eigenvalue weighted by atomic mass is 9.94. The van der Waals surface area contributed by atoms with Crippen LogP contribution in [-0.2, 0) is 16.1 Å². The first-order valence-electron chi connectivity index (χ1n) is 11.6. The van der Waals surface area contributed by atoms with Crippen molar-refractivity contribution in [2.24, 2.45) is 0 Å². The molecule has 7 nitrogen and oxygen atoms in total. The molecule has 4 rings (SSSR count). The Balaban J connectivity index is 1.88. The lowest BCUT2D eigenvalue weighted by Crippen LogP contribution is -2.29. The Morgan fingerprint density at radius 1 is 1.00 bits per heavy atom. The number of amides is 1. The zero-order valence-corrected chi connectivity index (χ0v) is 20.0. The number of benzene rings is 2. The average Bonchev–Trinajstić information content (AvgIpc) is 3.10. The standard InChI is InChI=1S/C28H28N2O5/c1-4-34-21-12-13-22(23(16-21)35-5-2)26(31)24-25(19-10-8-9-18(3)15-19)30(28(33)27(24)32)17-20-11-6-7-14-29-20/h6-16,25,31H,4-5,17H2,1-3H3/b26-24-. The van der Waals surface area contributed by atoms with Crippen LogP contribution in [-0.4, -0.2) is 39.9 Å². The summed E-state index contributed by atoms with van der Waals surface area (Å²) in [5.41, 5.74) is 2.68. The first-order chi connectivity index (χ1) is 16.9. The van der Waals surface area contributed by atoms with Crippen LogP contribution in [0.1, 0.15) is 42.3 Å². The molecule has 1 amide bonds. The van der Waals surface area contributed by atoms with E-state index in [0.29, 0.717) is 36.0 Å². The number of likely N-dealkylation sites (tertiary alicyclic amines) is 1. The topological polar surface area (TPSA) is 89.0 Å². The van der Waals surface area contributed by atoms with Gasteiger partial charge >= 0.3 is 0 Å². The Labute approximate surface area is 204 Å². The Morgan fingerprint density at radius 2 is 1.80 bits per heavy atom. The van der Waals surface area contributed by atoms with Crippen LogP contribution in [0.3, 0.4) is 0 Å². The molecular formula is C28H28N2O5. The van der Waals surface area contributed by atoms with Crippen LogP contribution in [0.2, 0.25) is 0 Å². The molecule has 7 heteroatoms. The Kier molecular flexibility index (Phi) is 7.15. The molecule has 3 aromatic rings. The van der Waals surface area contributed by atoms with Crippen molar-refractivity contribution in [3.05, 3.63) is 94.8 Å². The van der Waals surface area contributed by atoms with Gasteiger partial charge in [0, 0.05) is 12.3 Å². The molecule has 1 fully saturated rings. The zero-order chi connectivity index (χ0) is 24.9. The molecule has 180 valence electrons. The molecular weight excluding hydrogens is 444 g/mol. The third-order valence-electron chi connectivity index (χ3n) is 5.78. The maximum absolute atomic E-state index is 13.3. The maximum atomic E-state index is 13.3. The first kappa shape index (κ1) is 24.0. The fraction of sp³-hybridized carbons (Fsp3) is 0.250. The SMILES string of the molecule is CCOc1ccc(/C(O)=C2/C(=O)C(=O)N(Cc3ccccn3)C2c2cccc(C)c2)c(OCC)c1. The molecule has 1 atom stereocenters. The van der Waals surface area contributed by atoms with Crippen LogP contribution in [0, 0.1) is 6.92 Å². The lowest BCUT2D eigenvalue weighted by Gasteiger charge is -2.25. The molecule has 0 bridgehead atoms. The van der Waals surface area contributed by atoms with Crippen molar-refractivity contribution in [1.82, 2.24) is 9.88 Å². The number of rotatable bonds is 8. The largest absolute Gasteiger partial charge is 0.507 e. The van der Waals surface area contributed by atoms with Gasteiger partial charge in [0.2, 0.25) is 0 Å². The van der Waals surface area contributed by atoms with Gasteiger partial charge in [-0.3, -0.25) is 14.6 Å². The average molecular weight is 473 g/mol. The second-order valence-electron chi connectivity index (χ2n) is 8.19. The van der Waals surface area contributed by atoms with Crippen molar-refractivity contribution in [2.75, 3.05) is 13.2 Å². The molecule has 1 aliphatic heterocycles. The predicted octanol–water partition coefficient (Wildman–Crippen LogP) is 4.81. The molecule has 0 radical (unpaired) electrons. The highest BCUT2D eigenvalue weighted by Crippen LogP contribution is 2.42. The van der Waals surface area contributed by atoms with Crippen molar-refractivity contribution < 1.29 is 24.2 Å². The third-order valence-corrected chi connectivity index (χ3v) is 5.78. The van der Waals surface area contributed by atoms with Crippen molar-refractivity contribution in [3.63, 3.8) is 0 Å². The van der Waals surface area contributed by atoms with Gasteiger partial charge in [-0.15, -0.1) is 0 Å². The van der Waals surface area contributed by atoms with E-state index in [9.17, 15) is 14.7 Å². The summed E-state index contributed by atoms with van der Waals surface area (Å²) in [7, 11) is 0. The van der Waals surface area contributed by atoms with Gasteiger partial charge in [-0.2, -0.15) is 0 Å². The zero-order valence-electron chi connectivity index (χ0n) is 20.0. The summed E-state index contributed by atoms with van der Waals surface area (Å²) in [5.74, 6) is -0.771. The third kappa shape index (κ3) is 4.89. The van der Waals surface area contributed by atoms with E-state index in [1.54, 1.807) is 36.5 Å². The molecule has 1 N–H and O–H groups in total. The molecule has 1 aromatic heterocycles. The summed E-state index contributed by atoms with van der Waals surface area (Å²) in [6.45, 7) is 6.60. The minimum absolute atomic E-state index is 0.0154. The predicted molar refractivity (Wildman–Crippen MR) is 132 cm³/mol. The summed E-state index contributed by atoms with van der Waals surface area (Å²) in [6.07, 6.45) is 1.64. The Hall–Kier alpha value is -4.13. The fourth-order valence-electron chi connectivity index (χ4n) is 4.27. The van der Waals surface area contributed by atoms with E-state index in [-0.39, 0.29) is 17.9 Å². The number of aliphatic hydroxyl groups excluding tert-OH is 1. The van der Waals surface area contributed by atoms with Crippen LogP contribution in [0.25, 0.3) is 5.76 Å². The highest BCUT2D eigenvalue weighted by atomic mass is 16.5. The van der Waals surface area contributed by atoms with Crippen molar-refractivity contribution in [1.29, 1.82) is 0 Å². The molecule has 1 aliphatic rings. The molecule has 0 saturated carbocycles. The number of aryl methyl sites for hydroxylation is 1. The van der Waals surface area contributed by atoms with E-state index in [1.807, 2.05) is 51.1 Å². The summed E-state index contributed by atoms with van der Waals surface area (Å²) in [6, 6.07) is 17.2. The fourth-order valence-corrected chi connectivity index (χ4v) is 4.27. The number of carbonyl (C=O) groups is 2. The van der Waals surface area contributed by atoms with E-state index in [0.717, 1.165) is 11.1 Å². The smallest absolute Gasteiger partial charge is 0.296 e. The van der Waals surface area contributed by atoms with Crippen LogP contribution >= 0.6 is 0 Å². The van der Waals surface area contributed by atoms with Gasteiger partial charge in [0.25, 0.3) is 11.7 Å². The minimum Gasteiger partial charge on any atom is -0.507 e. The maximum Gasteiger partial charge on any atom is 0.296 e. The number of nitrogens with zero attached hydrogens (tertiary/aromatic N) is 2. The van der Waals surface area contributed by atoms with Gasteiger partial charge in [-0.1, -0.05) is 35.9 Å². The molecule has 1 saturated heterocycles. The Bertz CT molecular complexity index is 1270. The van der Waals surface area contributed by atoms with Crippen LogP contribution in [0.5, 0.6) is 11.5 Å². The number of hydrogen-bond acceptors (Lipinski definition) is 6.